The van der Waals surface area contributed by atoms with E-state index in [1.165, 1.54) is 21.2 Å². The fourth-order valence-electron chi connectivity index (χ4n) is 3.57. The zero-order chi connectivity index (χ0) is 20.9. The number of aromatic nitrogens is 2. The molecule has 4 rings (SSSR count). The molecule has 0 spiro atoms. The van der Waals surface area contributed by atoms with Crippen LogP contribution in [0.1, 0.15) is 16.7 Å². The Labute approximate surface area is 191 Å². The van der Waals surface area contributed by atoms with Crippen molar-refractivity contribution < 1.29 is 0 Å². The van der Waals surface area contributed by atoms with E-state index in [-0.39, 0.29) is 0 Å². The molecule has 2 aromatic carbocycles. The first kappa shape index (κ1) is 21.0. The molecule has 2 heterocycles. The van der Waals surface area contributed by atoms with Crippen molar-refractivity contribution in [3.05, 3.63) is 82.1 Å². The number of nitrogens with one attached hydrogen (secondary N) is 1. The third-order valence-electron chi connectivity index (χ3n) is 5.36. The van der Waals surface area contributed by atoms with Crippen LogP contribution in [0.15, 0.2) is 65.4 Å². The zero-order valence-corrected chi connectivity index (χ0v) is 19.5. The van der Waals surface area contributed by atoms with Crippen molar-refractivity contribution >= 4 is 38.9 Å². The summed E-state index contributed by atoms with van der Waals surface area (Å²) in [6, 6.07) is 17.0. The van der Waals surface area contributed by atoms with Crippen LogP contribution < -0.4 is 5.32 Å². The molecular weight excluding hydrogens is 458 g/mol. The quantitative estimate of drug-likeness (QED) is 0.539. The maximum absolute atomic E-state index is 5.65. The lowest BCUT2D eigenvalue weighted by atomic mass is 10.1. The van der Waals surface area contributed by atoms with Gasteiger partial charge in [0.2, 0.25) is 0 Å². The molecule has 30 heavy (non-hydrogen) atoms. The number of anilines is 1. The second kappa shape index (κ2) is 9.73. The molecule has 156 valence electrons. The molecule has 1 fully saturated rings. The zero-order valence-electron chi connectivity index (χ0n) is 17.1. The maximum Gasteiger partial charge on any atom is 0.173 e. The molecule has 7 heteroatoms. The number of piperazine rings is 1. The van der Waals surface area contributed by atoms with Crippen LogP contribution in [0.2, 0.25) is 0 Å². The van der Waals surface area contributed by atoms with E-state index in [0.717, 1.165) is 50.1 Å². The van der Waals surface area contributed by atoms with Gasteiger partial charge in [-0.05, 0) is 36.3 Å². The number of aryl methyl sites for hydroxylation is 1. The Hall–Kier alpha value is -2.22. The van der Waals surface area contributed by atoms with Gasteiger partial charge in [-0.25, -0.2) is 0 Å². The average molecular weight is 484 g/mol. The Kier molecular flexibility index (Phi) is 6.82. The van der Waals surface area contributed by atoms with Gasteiger partial charge < -0.3 is 10.2 Å². The van der Waals surface area contributed by atoms with Crippen molar-refractivity contribution in [2.75, 3.05) is 31.5 Å². The standard InChI is InChI=1S/C23H26BrN5S/c1-18-6-8-19(9-7-18)15-29-17-21(14-25-29)26-23(30)28-12-10-27(11-13-28)16-20-4-2-3-5-22(20)24/h2-9,14,17H,10-13,15-16H2,1H3,(H,26,30). The Morgan fingerprint density at radius 3 is 2.50 bits per heavy atom. The van der Waals surface area contributed by atoms with E-state index < -0.39 is 0 Å². The monoisotopic (exact) mass is 483 g/mol. The van der Waals surface area contributed by atoms with Gasteiger partial charge in [-0.3, -0.25) is 9.58 Å². The summed E-state index contributed by atoms with van der Waals surface area (Å²) in [7, 11) is 0. The average Bonchev–Trinajstić information content (AvgIpc) is 3.18. The number of hydrogen-bond acceptors (Lipinski definition) is 3. The highest BCUT2D eigenvalue weighted by Gasteiger charge is 2.19. The molecule has 0 radical (unpaired) electrons. The number of halogens is 1. The Morgan fingerprint density at radius 1 is 1.03 bits per heavy atom. The van der Waals surface area contributed by atoms with Gasteiger partial charge in [0.15, 0.2) is 5.11 Å². The van der Waals surface area contributed by atoms with Gasteiger partial charge in [0.1, 0.15) is 0 Å². The Bertz CT molecular complexity index is 993. The molecular formula is C23H26BrN5S. The minimum atomic E-state index is 0.752. The van der Waals surface area contributed by atoms with E-state index in [0.29, 0.717) is 0 Å². The van der Waals surface area contributed by atoms with Crippen molar-refractivity contribution in [1.82, 2.24) is 19.6 Å². The van der Waals surface area contributed by atoms with Crippen molar-refractivity contribution in [1.29, 1.82) is 0 Å². The van der Waals surface area contributed by atoms with Crippen LogP contribution in [-0.2, 0) is 13.1 Å². The smallest absolute Gasteiger partial charge is 0.173 e. The summed E-state index contributed by atoms with van der Waals surface area (Å²) in [6.45, 7) is 7.65. The Morgan fingerprint density at radius 2 is 1.77 bits per heavy atom. The largest absolute Gasteiger partial charge is 0.346 e. The van der Waals surface area contributed by atoms with Crippen LogP contribution in [0, 0.1) is 6.92 Å². The SMILES string of the molecule is Cc1ccc(Cn2cc(NC(=S)N3CCN(Cc4ccccc4Br)CC3)cn2)cc1. The topological polar surface area (TPSA) is 36.3 Å². The molecule has 0 saturated carbocycles. The lowest BCUT2D eigenvalue weighted by molar-refractivity contribution is 0.176. The predicted molar refractivity (Wildman–Crippen MR) is 130 cm³/mol. The lowest BCUT2D eigenvalue weighted by Gasteiger charge is -2.36. The summed E-state index contributed by atoms with van der Waals surface area (Å²) < 4.78 is 3.11. The predicted octanol–water partition coefficient (Wildman–Crippen LogP) is 4.52. The van der Waals surface area contributed by atoms with E-state index in [2.05, 4.69) is 91.6 Å². The summed E-state index contributed by atoms with van der Waals surface area (Å²) in [5, 5.41) is 8.58. The van der Waals surface area contributed by atoms with Crippen LogP contribution in [0.3, 0.4) is 0 Å². The minimum absolute atomic E-state index is 0.752. The molecule has 3 aromatic rings. The Balaban J connectivity index is 1.26. The van der Waals surface area contributed by atoms with E-state index in [1.807, 2.05) is 17.1 Å². The molecule has 0 unspecified atom stereocenters. The van der Waals surface area contributed by atoms with Gasteiger partial charge in [-0.1, -0.05) is 64.0 Å². The second-order valence-electron chi connectivity index (χ2n) is 7.70. The third kappa shape index (κ3) is 5.47. The van der Waals surface area contributed by atoms with Crippen molar-refractivity contribution in [3.63, 3.8) is 0 Å². The van der Waals surface area contributed by atoms with E-state index in [9.17, 15) is 0 Å². The van der Waals surface area contributed by atoms with Gasteiger partial charge in [-0.15, -0.1) is 0 Å². The second-order valence-corrected chi connectivity index (χ2v) is 8.94. The van der Waals surface area contributed by atoms with Gasteiger partial charge in [0.25, 0.3) is 0 Å². The first-order chi connectivity index (χ1) is 14.6. The minimum Gasteiger partial charge on any atom is -0.346 e. The number of nitrogens with zero attached hydrogens (tertiary/aromatic N) is 4. The lowest BCUT2D eigenvalue weighted by Crippen LogP contribution is -2.49. The molecule has 1 aliphatic rings. The van der Waals surface area contributed by atoms with Crippen LogP contribution in [0.5, 0.6) is 0 Å². The molecule has 5 nitrogen and oxygen atoms in total. The fourth-order valence-corrected chi connectivity index (χ4v) is 4.28. The van der Waals surface area contributed by atoms with Crippen molar-refractivity contribution in [2.24, 2.45) is 0 Å². The van der Waals surface area contributed by atoms with Crippen molar-refractivity contribution in [3.8, 4) is 0 Å². The number of benzene rings is 2. The normalized spacial score (nSPS) is 14.7. The molecule has 0 atom stereocenters. The highest BCUT2D eigenvalue weighted by Crippen LogP contribution is 2.19. The third-order valence-corrected chi connectivity index (χ3v) is 6.49. The summed E-state index contributed by atoms with van der Waals surface area (Å²) in [5.74, 6) is 0. The summed E-state index contributed by atoms with van der Waals surface area (Å²) in [5.41, 5.74) is 4.76. The van der Waals surface area contributed by atoms with Crippen LogP contribution in [-0.4, -0.2) is 50.9 Å². The molecule has 1 saturated heterocycles. The van der Waals surface area contributed by atoms with Crippen LogP contribution in [0.25, 0.3) is 0 Å². The van der Waals surface area contributed by atoms with Gasteiger partial charge in [0.05, 0.1) is 18.4 Å². The molecule has 1 aliphatic heterocycles. The number of hydrogen-bond donors (Lipinski definition) is 1. The molecule has 0 amide bonds. The van der Waals surface area contributed by atoms with Crippen LogP contribution >= 0.6 is 28.1 Å². The van der Waals surface area contributed by atoms with Gasteiger partial charge >= 0.3 is 0 Å². The molecule has 1 aromatic heterocycles. The maximum atomic E-state index is 5.65. The van der Waals surface area contributed by atoms with Crippen LogP contribution in [0.4, 0.5) is 5.69 Å². The highest BCUT2D eigenvalue weighted by atomic mass is 79.9. The first-order valence-corrected chi connectivity index (χ1v) is 11.4. The molecule has 1 N–H and O–H groups in total. The summed E-state index contributed by atoms with van der Waals surface area (Å²) >= 11 is 9.30. The van der Waals surface area contributed by atoms with E-state index >= 15 is 0 Å². The summed E-state index contributed by atoms with van der Waals surface area (Å²) in [6.07, 6.45) is 3.85. The highest BCUT2D eigenvalue weighted by molar-refractivity contribution is 9.10. The molecule has 0 bridgehead atoms. The van der Waals surface area contributed by atoms with Gasteiger partial charge in [-0.2, -0.15) is 5.10 Å². The van der Waals surface area contributed by atoms with Gasteiger partial charge in [0, 0.05) is 43.4 Å². The number of rotatable bonds is 5. The molecule has 0 aliphatic carbocycles. The summed E-state index contributed by atoms with van der Waals surface area (Å²) in [4.78, 5) is 4.71. The van der Waals surface area contributed by atoms with E-state index in [1.54, 1.807) is 0 Å². The first-order valence-electron chi connectivity index (χ1n) is 10.2. The fraction of sp³-hybridized carbons (Fsp3) is 0.304. The van der Waals surface area contributed by atoms with Crippen molar-refractivity contribution in [2.45, 2.75) is 20.0 Å². The van der Waals surface area contributed by atoms with E-state index in [4.69, 9.17) is 12.2 Å². The number of thiocarbonyl (C=S) groups is 1.